The van der Waals surface area contributed by atoms with E-state index < -0.39 is 0 Å². The lowest BCUT2D eigenvalue weighted by molar-refractivity contribution is 0.757. The van der Waals surface area contributed by atoms with E-state index in [1.54, 1.807) is 0 Å². The van der Waals surface area contributed by atoms with E-state index in [1.807, 2.05) is 0 Å². The van der Waals surface area contributed by atoms with Crippen molar-refractivity contribution in [3.8, 4) is 6.07 Å². The lowest BCUT2D eigenvalue weighted by Crippen LogP contribution is -1.88. The van der Waals surface area contributed by atoms with Crippen LogP contribution < -0.4 is 0 Å². The summed E-state index contributed by atoms with van der Waals surface area (Å²) in [6.45, 7) is 6.38. The highest BCUT2D eigenvalue weighted by Crippen LogP contribution is 2.17. The van der Waals surface area contributed by atoms with Crippen molar-refractivity contribution in [1.29, 1.82) is 5.26 Å². The van der Waals surface area contributed by atoms with Crippen LogP contribution in [0.1, 0.15) is 52.9 Å². The number of hydrogen-bond acceptors (Lipinski definition) is 1. The zero-order valence-corrected chi connectivity index (χ0v) is 8.48. The molecule has 68 valence electrons. The highest BCUT2D eigenvalue weighted by atomic mass is 14.2. The molecular formula is C11H19N. The second kappa shape index (κ2) is 6.91. The lowest BCUT2D eigenvalue weighted by atomic mass is 9.99. The van der Waals surface area contributed by atoms with Crippen molar-refractivity contribution < 1.29 is 0 Å². The minimum atomic E-state index is 0.892. The third kappa shape index (κ3) is 3.57. The normalized spacial score (nSPS) is 12.2. The van der Waals surface area contributed by atoms with Crippen LogP contribution in [0.2, 0.25) is 0 Å². The highest BCUT2D eigenvalue weighted by Gasteiger charge is 2.01. The Morgan fingerprint density at radius 1 is 1.17 bits per heavy atom. The van der Waals surface area contributed by atoms with E-state index in [9.17, 15) is 0 Å². The highest BCUT2D eigenvalue weighted by molar-refractivity contribution is 5.27. The fourth-order valence-corrected chi connectivity index (χ4v) is 1.34. The summed E-state index contributed by atoms with van der Waals surface area (Å²) in [5.74, 6) is 0. The van der Waals surface area contributed by atoms with Gasteiger partial charge in [-0.2, -0.15) is 5.26 Å². The minimum Gasteiger partial charge on any atom is -0.193 e. The Labute approximate surface area is 76.1 Å². The molecule has 0 aliphatic carbocycles. The van der Waals surface area contributed by atoms with Crippen molar-refractivity contribution in [2.75, 3.05) is 0 Å². The molecule has 12 heavy (non-hydrogen) atoms. The van der Waals surface area contributed by atoms with Crippen LogP contribution in [0.3, 0.4) is 0 Å². The molecule has 0 N–H and O–H groups in total. The van der Waals surface area contributed by atoms with Gasteiger partial charge in [-0.15, -0.1) is 0 Å². The smallest absolute Gasteiger partial charge is 0.0946 e. The molecule has 0 aliphatic heterocycles. The molecule has 0 aromatic rings. The fourth-order valence-electron chi connectivity index (χ4n) is 1.34. The SMILES string of the molecule is CCCCC(CC)=C(C#N)CC. The zero-order valence-electron chi connectivity index (χ0n) is 8.48. The van der Waals surface area contributed by atoms with E-state index in [-0.39, 0.29) is 0 Å². The molecule has 0 saturated heterocycles. The van der Waals surface area contributed by atoms with Crippen LogP contribution in [0.4, 0.5) is 0 Å². The molecule has 0 saturated carbocycles. The van der Waals surface area contributed by atoms with E-state index >= 15 is 0 Å². The maximum Gasteiger partial charge on any atom is 0.0946 e. The number of hydrogen-bond donors (Lipinski definition) is 0. The van der Waals surface area contributed by atoms with Gasteiger partial charge in [-0.1, -0.05) is 32.8 Å². The second-order valence-electron chi connectivity index (χ2n) is 3.00. The van der Waals surface area contributed by atoms with Gasteiger partial charge in [-0.05, 0) is 25.7 Å². The summed E-state index contributed by atoms with van der Waals surface area (Å²) >= 11 is 0. The standard InChI is InChI=1S/C11H19N/c1-4-7-8-10(5-2)11(6-3)9-12/h4-8H2,1-3H3. The van der Waals surface area contributed by atoms with Gasteiger partial charge in [0.05, 0.1) is 6.07 Å². The van der Waals surface area contributed by atoms with E-state index in [0.717, 1.165) is 24.8 Å². The Morgan fingerprint density at radius 3 is 2.17 bits per heavy atom. The van der Waals surface area contributed by atoms with Gasteiger partial charge in [-0.25, -0.2) is 0 Å². The van der Waals surface area contributed by atoms with Gasteiger partial charge in [0, 0.05) is 5.57 Å². The number of unbranched alkanes of at least 4 members (excludes halogenated alkanes) is 1. The van der Waals surface area contributed by atoms with Crippen molar-refractivity contribution in [1.82, 2.24) is 0 Å². The number of rotatable bonds is 5. The number of allylic oxidation sites excluding steroid dienone is 2. The molecule has 0 aromatic carbocycles. The first-order valence-electron chi connectivity index (χ1n) is 4.91. The summed E-state index contributed by atoms with van der Waals surface area (Å²) in [7, 11) is 0. The maximum absolute atomic E-state index is 8.82. The van der Waals surface area contributed by atoms with Crippen LogP contribution in [0.5, 0.6) is 0 Å². The lowest BCUT2D eigenvalue weighted by Gasteiger charge is -2.05. The number of nitriles is 1. The summed E-state index contributed by atoms with van der Waals surface area (Å²) in [5, 5.41) is 8.82. The molecule has 0 unspecified atom stereocenters. The predicted octanol–water partition coefficient (Wildman–Crippen LogP) is 3.82. The van der Waals surface area contributed by atoms with Gasteiger partial charge < -0.3 is 0 Å². The molecule has 0 heterocycles. The molecular weight excluding hydrogens is 146 g/mol. The van der Waals surface area contributed by atoms with Gasteiger partial charge in [0.25, 0.3) is 0 Å². The molecule has 0 spiro atoms. The summed E-state index contributed by atoms with van der Waals surface area (Å²) < 4.78 is 0. The summed E-state index contributed by atoms with van der Waals surface area (Å²) in [6.07, 6.45) is 5.48. The zero-order chi connectivity index (χ0) is 9.40. The molecule has 1 heteroatoms. The molecule has 0 aromatic heterocycles. The van der Waals surface area contributed by atoms with Crippen LogP contribution in [0, 0.1) is 11.3 Å². The summed E-state index contributed by atoms with van der Waals surface area (Å²) in [6, 6.07) is 2.29. The first kappa shape index (κ1) is 11.2. The van der Waals surface area contributed by atoms with E-state index in [1.165, 1.54) is 18.4 Å². The minimum absolute atomic E-state index is 0.892. The predicted molar refractivity (Wildman–Crippen MR) is 52.7 cm³/mol. The van der Waals surface area contributed by atoms with Crippen molar-refractivity contribution >= 4 is 0 Å². The summed E-state index contributed by atoms with van der Waals surface area (Å²) in [5.41, 5.74) is 2.37. The Bertz CT molecular complexity index is 184. The van der Waals surface area contributed by atoms with Crippen molar-refractivity contribution in [2.45, 2.75) is 52.9 Å². The Morgan fingerprint density at radius 2 is 1.83 bits per heavy atom. The Kier molecular flexibility index (Phi) is 6.47. The van der Waals surface area contributed by atoms with Gasteiger partial charge in [0.15, 0.2) is 0 Å². The third-order valence-corrected chi connectivity index (χ3v) is 2.17. The van der Waals surface area contributed by atoms with Gasteiger partial charge >= 0.3 is 0 Å². The second-order valence-corrected chi connectivity index (χ2v) is 3.00. The molecule has 0 fully saturated rings. The topological polar surface area (TPSA) is 23.8 Å². The van der Waals surface area contributed by atoms with Crippen LogP contribution in [0.15, 0.2) is 11.1 Å². The van der Waals surface area contributed by atoms with Crippen molar-refractivity contribution in [2.24, 2.45) is 0 Å². The van der Waals surface area contributed by atoms with E-state index in [4.69, 9.17) is 5.26 Å². The summed E-state index contributed by atoms with van der Waals surface area (Å²) in [4.78, 5) is 0. The van der Waals surface area contributed by atoms with E-state index in [2.05, 4.69) is 26.8 Å². The molecule has 0 amide bonds. The van der Waals surface area contributed by atoms with Crippen LogP contribution >= 0.6 is 0 Å². The van der Waals surface area contributed by atoms with Crippen molar-refractivity contribution in [3.05, 3.63) is 11.1 Å². The Balaban J connectivity index is 4.28. The first-order valence-corrected chi connectivity index (χ1v) is 4.91. The fraction of sp³-hybridized carbons (Fsp3) is 0.727. The average Bonchev–Trinajstić information content (AvgIpc) is 2.12. The monoisotopic (exact) mass is 165 g/mol. The molecule has 0 radical (unpaired) electrons. The van der Waals surface area contributed by atoms with Gasteiger partial charge in [-0.3, -0.25) is 0 Å². The third-order valence-electron chi connectivity index (χ3n) is 2.17. The average molecular weight is 165 g/mol. The van der Waals surface area contributed by atoms with Gasteiger partial charge in [0.1, 0.15) is 0 Å². The van der Waals surface area contributed by atoms with Crippen LogP contribution in [-0.4, -0.2) is 0 Å². The molecule has 0 atom stereocenters. The maximum atomic E-state index is 8.82. The van der Waals surface area contributed by atoms with Gasteiger partial charge in [0.2, 0.25) is 0 Å². The van der Waals surface area contributed by atoms with Crippen molar-refractivity contribution in [3.63, 3.8) is 0 Å². The Hall–Kier alpha value is -0.770. The largest absolute Gasteiger partial charge is 0.193 e. The number of nitrogens with zero attached hydrogens (tertiary/aromatic N) is 1. The van der Waals surface area contributed by atoms with E-state index in [0.29, 0.717) is 0 Å². The first-order chi connectivity index (χ1) is 5.79. The van der Waals surface area contributed by atoms with Crippen LogP contribution in [-0.2, 0) is 0 Å². The molecule has 1 nitrogen and oxygen atoms in total. The molecule has 0 bridgehead atoms. The molecule has 0 aliphatic rings. The van der Waals surface area contributed by atoms with Crippen LogP contribution in [0.25, 0.3) is 0 Å². The quantitative estimate of drug-likeness (QED) is 0.568. The molecule has 0 rings (SSSR count).